The van der Waals surface area contributed by atoms with Crippen molar-refractivity contribution in [2.75, 3.05) is 19.6 Å². The zero-order chi connectivity index (χ0) is 17.3. The monoisotopic (exact) mass is 313 g/mol. The molecule has 0 aromatic carbocycles. The van der Waals surface area contributed by atoms with Crippen LogP contribution in [0.2, 0.25) is 0 Å². The highest BCUT2D eigenvalue weighted by Gasteiger charge is 2.30. The lowest BCUT2D eigenvalue weighted by Crippen LogP contribution is -2.43. The zero-order valence-electron chi connectivity index (χ0n) is 15.4. The average Bonchev–Trinajstić information content (AvgIpc) is 2.39. The van der Waals surface area contributed by atoms with Crippen molar-refractivity contribution in [3.8, 4) is 0 Å². The van der Waals surface area contributed by atoms with Crippen molar-refractivity contribution in [2.24, 2.45) is 17.3 Å². The summed E-state index contributed by atoms with van der Waals surface area (Å²) in [5, 5.41) is 9.17. The van der Waals surface area contributed by atoms with Crippen LogP contribution in [-0.4, -0.2) is 37.5 Å². The summed E-state index contributed by atoms with van der Waals surface area (Å²) in [6.45, 7) is 16.2. The molecular weight excluding hydrogens is 278 g/mol. The van der Waals surface area contributed by atoms with Crippen LogP contribution in [0.5, 0.6) is 0 Å². The third kappa shape index (κ3) is 9.77. The van der Waals surface area contributed by atoms with E-state index in [0.717, 1.165) is 6.54 Å². The zero-order valence-corrected chi connectivity index (χ0v) is 15.4. The van der Waals surface area contributed by atoms with Gasteiger partial charge in [-0.3, -0.25) is 9.59 Å². The molecule has 0 aliphatic heterocycles. The van der Waals surface area contributed by atoms with Crippen LogP contribution in [-0.2, 0) is 9.59 Å². The Hall–Kier alpha value is -1.10. The van der Waals surface area contributed by atoms with Crippen LogP contribution in [0.25, 0.3) is 0 Å². The second kappa shape index (κ2) is 9.82. The van der Waals surface area contributed by atoms with Gasteiger partial charge < -0.3 is 16.0 Å². The SMILES string of the molecule is CC(C)CNC(=O)CC(C)(C)C(=O)NCC(C)CNC(C)C. The van der Waals surface area contributed by atoms with E-state index in [4.69, 9.17) is 0 Å². The van der Waals surface area contributed by atoms with Gasteiger partial charge in [-0.05, 0) is 18.4 Å². The fourth-order valence-electron chi connectivity index (χ4n) is 1.88. The molecule has 0 spiro atoms. The van der Waals surface area contributed by atoms with E-state index in [-0.39, 0.29) is 18.2 Å². The largest absolute Gasteiger partial charge is 0.356 e. The van der Waals surface area contributed by atoms with Gasteiger partial charge in [0.05, 0.1) is 5.41 Å². The molecule has 0 radical (unpaired) electrons. The van der Waals surface area contributed by atoms with Crippen molar-refractivity contribution in [3.63, 3.8) is 0 Å². The molecule has 0 bridgehead atoms. The lowest BCUT2D eigenvalue weighted by atomic mass is 9.87. The lowest BCUT2D eigenvalue weighted by molar-refractivity contribution is -0.134. The Morgan fingerprint density at radius 2 is 1.50 bits per heavy atom. The number of hydrogen-bond donors (Lipinski definition) is 3. The van der Waals surface area contributed by atoms with Gasteiger partial charge in [0, 0.05) is 25.6 Å². The first kappa shape index (κ1) is 20.9. The second-order valence-corrected chi connectivity index (χ2v) is 7.64. The van der Waals surface area contributed by atoms with Crippen LogP contribution in [0.4, 0.5) is 0 Å². The Morgan fingerprint density at radius 1 is 0.909 bits per heavy atom. The Bertz CT molecular complexity index is 352. The highest BCUT2D eigenvalue weighted by atomic mass is 16.2. The van der Waals surface area contributed by atoms with Crippen molar-refractivity contribution in [2.45, 2.75) is 60.9 Å². The predicted molar refractivity (Wildman–Crippen MR) is 91.6 cm³/mol. The van der Waals surface area contributed by atoms with Gasteiger partial charge in [-0.25, -0.2) is 0 Å². The molecule has 0 aliphatic carbocycles. The van der Waals surface area contributed by atoms with Gasteiger partial charge in [-0.15, -0.1) is 0 Å². The van der Waals surface area contributed by atoms with E-state index in [0.29, 0.717) is 31.0 Å². The maximum Gasteiger partial charge on any atom is 0.226 e. The smallest absolute Gasteiger partial charge is 0.226 e. The Morgan fingerprint density at radius 3 is 2.00 bits per heavy atom. The van der Waals surface area contributed by atoms with Gasteiger partial charge in [0.1, 0.15) is 0 Å². The fraction of sp³-hybridized carbons (Fsp3) is 0.882. The van der Waals surface area contributed by atoms with Crippen molar-refractivity contribution in [1.29, 1.82) is 0 Å². The summed E-state index contributed by atoms with van der Waals surface area (Å²) in [4.78, 5) is 24.2. The number of rotatable bonds is 10. The molecule has 1 unspecified atom stereocenters. The molecule has 5 heteroatoms. The summed E-state index contributed by atoms with van der Waals surface area (Å²) in [5.74, 6) is 0.638. The van der Waals surface area contributed by atoms with Gasteiger partial charge in [0.2, 0.25) is 11.8 Å². The molecule has 2 amide bonds. The van der Waals surface area contributed by atoms with Crippen LogP contribution in [0, 0.1) is 17.3 Å². The van der Waals surface area contributed by atoms with E-state index in [1.807, 2.05) is 27.7 Å². The van der Waals surface area contributed by atoms with Crippen LogP contribution >= 0.6 is 0 Å². The molecule has 22 heavy (non-hydrogen) atoms. The fourth-order valence-corrected chi connectivity index (χ4v) is 1.88. The molecule has 0 aliphatic rings. The molecule has 0 fully saturated rings. The van der Waals surface area contributed by atoms with Crippen molar-refractivity contribution >= 4 is 11.8 Å². The molecule has 0 heterocycles. The molecule has 130 valence electrons. The van der Waals surface area contributed by atoms with Gasteiger partial charge >= 0.3 is 0 Å². The first-order chi connectivity index (χ1) is 10.0. The number of carbonyl (C=O) groups is 2. The number of hydrogen-bond acceptors (Lipinski definition) is 3. The van der Waals surface area contributed by atoms with Crippen molar-refractivity contribution < 1.29 is 9.59 Å². The van der Waals surface area contributed by atoms with Crippen molar-refractivity contribution in [1.82, 2.24) is 16.0 Å². The minimum atomic E-state index is -0.688. The van der Waals surface area contributed by atoms with Crippen LogP contribution in [0.3, 0.4) is 0 Å². The molecule has 0 aromatic rings. The van der Waals surface area contributed by atoms with E-state index < -0.39 is 5.41 Å². The standard InChI is InChI=1S/C17H35N3O2/c1-12(2)9-19-15(21)8-17(6,7)16(22)20-11-14(5)10-18-13(3)4/h12-14,18H,8-11H2,1-7H3,(H,19,21)(H,20,22). The summed E-state index contributed by atoms with van der Waals surface area (Å²) in [6, 6.07) is 0.444. The van der Waals surface area contributed by atoms with Crippen LogP contribution in [0.1, 0.15) is 54.9 Å². The summed E-state index contributed by atoms with van der Waals surface area (Å²) in [5.41, 5.74) is -0.688. The topological polar surface area (TPSA) is 70.2 Å². The van der Waals surface area contributed by atoms with Gasteiger partial charge in [-0.2, -0.15) is 0 Å². The number of amides is 2. The first-order valence-electron chi connectivity index (χ1n) is 8.33. The number of nitrogens with one attached hydrogen (secondary N) is 3. The minimum absolute atomic E-state index is 0.0661. The Labute approximate surface area is 136 Å². The van der Waals surface area contributed by atoms with Crippen molar-refractivity contribution in [3.05, 3.63) is 0 Å². The summed E-state index contributed by atoms with van der Waals surface area (Å²) >= 11 is 0. The maximum atomic E-state index is 12.3. The normalized spacial score (nSPS) is 13.3. The Kier molecular flexibility index (Phi) is 9.33. The van der Waals surface area contributed by atoms with E-state index in [1.54, 1.807) is 0 Å². The summed E-state index contributed by atoms with van der Waals surface area (Å²) in [7, 11) is 0. The molecule has 0 rings (SSSR count). The number of carbonyl (C=O) groups excluding carboxylic acids is 2. The van der Waals surface area contributed by atoms with Gasteiger partial charge in [0.15, 0.2) is 0 Å². The molecule has 0 aromatic heterocycles. The minimum Gasteiger partial charge on any atom is -0.356 e. The summed E-state index contributed by atoms with van der Waals surface area (Å²) < 4.78 is 0. The van der Waals surface area contributed by atoms with Gasteiger partial charge in [0.25, 0.3) is 0 Å². The van der Waals surface area contributed by atoms with Crippen LogP contribution < -0.4 is 16.0 Å². The molecule has 3 N–H and O–H groups in total. The van der Waals surface area contributed by atoms with Crippen LogP contribution in [0.15, 0.2) is 0 Å². The highest BCUT2D eigenvalue weighted by Crippen LogP contribution is 2.20. The second-order valence-electron chi connectivity index (χ2n) is 7.64. The predicted octanol–water partition coefficient (Wildman–Crippen LogP) is 1.93. The summed E-state index contributed by atoms with van der Waals surface area (Å²) in [6.07, 6.45) is 0.212. The quantitative estimate of drug-likeness (QED) is 0.577. The Balaban J connectivity index is 4.18. The maximum absolute atomic E-state index is 12.3. The van der Waals surface area contributed by atoms with Gasteiger partial charge in [-0.1, -0.05) is 48.5 Å². The van der Waals surface area contributed by atoms with E-state index in [2.05, 4.69) is 36.7 Å². The third-order valence-electron chi connectivity index (χ3n) is 3.41. The van der Waals surface area contributed by atoms with E-state index in [1.165, 1.54) is 0 Å². The lowest BCUT2D eigenvalue weighted by Gasteiger charge is -2.24. The van der Waals surface area contributed by atoms with E-state index in [9.17, 15) is 9.59 Å². The molecule has 0 saturated heterocycles. The molecule has 5 nitrogen and oxygen atoms in total. The third-order valence-corrected chi connectivity index (χ3v) is 3.41. The highest BCUT2D eigenvalue weighted by molar-refractivity contribution is 5.88. The molecular formula is C17H35N3O2. The molecule has 0 saturated carbocycles. The molecule has 1 atom stereocenters. The first-order valence-corrected chi connectivity index (χ1v) is 8.33. The average molecular weight is 313 g/mol. The van der Waals surface area contributed by atoms with E-state index >= 15 is 0 Å².